The van der Waals surface area contributed by atoms with Gasteiger partial charge in [-0.2, -0.15) is 5.10 Å². The first-order valence-corrected chi connectivity index (χ1v) is 7.80. The fraction of sp³-hybridized carbons (Fsp3) is 0.353. The molecule has 2 heterocycles. The van der Waals surface area contributed by atoms with E-state index in [0.717, 1.165) is 12.8 Å². The largest absolute Gasteiger partial charge is 0.375 e. The minimum absolute atomic E-state index is 0.0663. The van der Waals surface area contributed by atoms with Gasteiger partial charge in [-0.1, -0.05) is 30.3 Å². The van der Waals surface area contributed by atoms with Crippen LogP contribution in [0.3, 0.4) is 0 Å². The molecule has 1 aromatic carbocycles. The van der Waals surface area contributed by atoms with Crippen LogP contribution in [-0.4, -0.2) is 46.9 Å². The Morgan fingerprint density at radius 2 is 2.13 bits per heavy atom. The molecule has 1 fully saturated rings. The Labute approximate surface area is 135 Å². The molecular formula is C17H20N4O2. The minimum atomic E-state index is -0.154. The van der Waals surface area contributed by atoms with Crippen LogP contribution < -0.4 is 5.32 Å². The van der Waals surface area contributed by atoms with E-state index in [1.54, 1.807) is 23.2 Å². The highest BCUT2D eigenvalue weighted by atomic mass is 16.5. The van der Waals surface area contributed by atoms with Crippen molar-refractivity contribution in [1.29, 1.82) is 0 Å². The third kappa shape index (κ3) is 4.50. The third-order valence-electron chi connectivity index (χ3n) is 3.83. The Morgan fingerprint density at radius 1 is 1.26 bits per heavy atom. The molecule has 6 nitrogen and oxygen atoms in total. The van der Waals surface area contributed by atoms with Crippen LogP contribution in [0.25, 0.3) is 0 Å². The first-order chi connectivity index (χ1) is 11.3. The van der Waals surface area contributed by atoms with Crippen molar-refractivity contribution in [2.75, 3.05) is 25.0 Å². The van der Waals surface area contributed by atoms with Crippen molar-refractivity contribution >= 4 is 11.8 Å². The van der Waals surface area contributed by atoms with Crippen LogP contribution in [0, 0.1) is 0 Å². The number of aryl methyl sites for hydroxylation is 1. The van der Waals surface area contributed by atoms with E-state index in [1.807, 2.05) is 18.2 Å². The molecule has 2 aromatic rings. The van der Waals surface area contributed by atoms with E-state index < -0.39 is 0 Å². The molecule has 0 saturated carbocycles. The summed E-state index contributed by atoms with van der Waals surface area (Å²) < 4.78 is 5.78. The van der Waals surface area contributed by atoms with Gasteiger partial charge in [0.05, 0.1) is 12.7 Å². The predicted molar refractivity (Wildman–Crippen MR) is 87.1 cm³/mol. The van der Waals surface area contributed by atoms with Gasteiger partial charge < -0.3 is 9.64 Å². The molecule has 23 heavy (non-hydrogen) atoms. The van der Waals surface area contributed by atoms with Crippen LogP contribution >= 0.6 is 0 Å². The lowest BCUT2D eigenvalue weighted by Crippen LogP contribution is -2.47. The summed E-state index contributed by atoms with van der Waals surface area (Å²) in [7, 11) is 0. The maximum absolute atomic E-state index is 12.3. The highest BCUT2D eigenvalue weighted by Crippen LogP contribution is 2.13. The summed E-state index contributed by atoms with van der Waals surface area (Å²) in [6.07, 6.45) is 3.49. The lowest BCUT2D eigenvalue weighted by molar-refractivity contribution is -0.0157. The number of hydrogen-bond acceptors (Lipinski definition) is 4. The van der Waals surface area contributed by atoms with Crippen LogP contribution in [0.2, 0.25) is 0 Å². The third-order valence-corrected chi connectivity index (χ3v) is 3.83. The zero-order chi connectivity index (χ0) is 15.9. The topological polar surface area (TPSA) is 67.4 Å². The molecule has 1 aromatic heterocycles. The molecule has 0 radical (unpaired) electrons. The first-order valence-electron chi connectivity index (χ1n) is 7.80. The fourth-order valence-corrected chi connectivity index (χ4v) is 2.61. The van der Waals surface area contributed by atoms with Crippen molar-refractivity contribution in [1.82, 2.24) is 15.1 Å². The van der Waals surface area contributed by atoms with Crippen LogP contribution in [0.4, 0.5) is 10.6 Å². The number of nitrogens with zero attached hydrogens (tertiary/aromatic N) is 3. The molecule has 0 unspecified atom stereocenters. The van der Waals surface area contributed by atoms with E-state index >= 15 is 0 Å². The van der Waals surface area contributed by atoms with Gasteiger partial charge in [0.15, 0.2) is 5.82 Å². The molecule has 0 bridgehead atoms. The molecule has 120 valence electrons. The van der Waals surface area contributed by atoms with E-state index in [0.29, 0.717) is 25.5 Å². The minimum Gasteiger partial charge on any atom is -0.375 e. The van der Waals surface area contributed by atoms with Gasteiger partial charge in [-0.3, -0.25) is 5.32 Å². The standard InChI is InChI=1S/C17H20N4O2/c22-17(19-16-7-4-10-18-20-16)21-11-12-23-15(13-21)9-8-14-5-2-1-3-6-14/h1-7,10,15H,8-9,11-13H2,(H,19,20,22)/t15-/m0/s1. The zero-order valence-electron chi connectivity index (χ0n) is 12.9. The van der Waals surface area contributed by atoms with Gasteiger partial charge >= 0.3 is 6.03 Å². The second kappa shape index (κ2) is 7.69. The summed E-state index contributed by atoms with van der Waals surface area (Å²) in [6, 6.07) is 13.6. The molecule has 1 aliphatic heterocycles. The highest BCUT2D eigenvalue weighted by molar-refractivity contribution is 5.88. The lowest BCUT2D eigenvalue weighted by atomic mass is 10.1. The van der Waals surface area contributed by atoms with Gasteiger partial charge in [0.2, 0.25) is 0 Å². The molecule has 0 spiro atoms. The quantitative estimate of drug-likeness (QED) is 0.941. The second-order valence-electron chi connectivity index (χ2n) is 5.50. The number of nitrogens with one attached hydrogen (secondary N) is 1. The number of benzene rings is 1. The summed E-state index contributed by atoms with van der Waals surface area (Å²) in [6.45, 7) is 1.75. The smallest absolute Gasteiger partial charge is 0.323 e. The van der Waals surface area contributed by atoms with E-state index in [9.17, 15) is 4.79 Å². The number of rotatable bonds is 4. The monoisotopic (exact) mass is 312 g/mol. The van der Waals surface area contributed by atoms with Crippen molar-refractivity contribution in [3.05, 3.63) is 54.2 Å². The van der Waals surface area contributed by atoms with Crippen molar-refractivity contribution in [3.63, 3.8) is 0 Å². The van der Waals surface area contributed by atoms with Gasteiger partial charge in [0.1, 0.15) is 0 Å². The van der Waals surface area contributed by atoms with E-state index in [-0.39, 0.29) is 12.1 Å². The predicted octanol–water partition coefficient (Wildman–Crippen LogP) is 2.34. The number of anilines is 1. The van der Waals surface area contributed by atoms with Gasteiger partial charge in [-0.25, -0.2) is 4.79 Å². The van der Waals surface area contributed by atoms with Crippen LogP contribution in [0.1, 0.15) is 12.0 Å². The number of carbonyl (C=O) groups is 1. The summed E-state index contributed by atoms with van der Waals surface area (Å²) in [4.78, 5) is 14.1. The maximum atomic E-state index is 12.3. The van der Waals surface area contributed by atoms with Crippen molar-refractivity contribution in [3.8, 4) is 0 Å². The molecule has 1 atom stereocenters. The Balaban J connectivity index is 1.50. The van der Waals surface area contributed by atoms with Crippen LogP contribution in [0.5, 0.6) is 0 Å². The summed E-state index contributed by atoms with van der Waals surface area (Å²) >= 11 is 0. The van der Waals surface area contributed by atoms with Crippen LogP contribution in [-0.2, 0) is 11.2 Å². The van der Waals surface area contributed by atoms with Gasteiger partial charge in [0, 0.05) is 19.3 Å². The number of ether oxygens (including phenoxy) is 1. The number of morpholine rings is 1. The maximum Gasteiger partial charge on any atom is 0.323 e. The lowest BCUT2D eigenvalue weighted by Gasteiger charge is -2.32. The molecule has 0 aliphatic carbocycles. The number of carbonyl (C=O) groups excluding carboxylic acids is 1. The van der Waals surface area contributed by atoms with Gasteiger partial charge in [-0.05, 0) is 30.5 Å². The molecule has 1 aliphatic rings. The van der Waals surface area contributed by atoms with Crippen LogP contribution in [0.15, 0.2) is 48.7 Å². The summed E-state index contributed by atoms with van der Waals surface area (Å²) in [5.41, 5.74) is 1.29. The molecule has 3 rings (SSSR count). The first kappa shape index (κ1) is 15.4. The van der Waals surface area contributed by atoms with E-state index in [1.165, 1.54) is 5.56 Å². The number of amides is 2. The second-order valence-corrected chi connectivity index (χ2v) is 5.50. The van der Waals surface area contributed by atoms with E-state index in [2.05, 4.69) is 27.6 Å². The Hall–Kier alpha value is -2.47. The van der Waals surface area contributed by atoms with Crippen molar-refractivity contribution in [2.24, 2.45) is 0 Å². The number of urea groups is 1. The van der Waals surface area contributed by atoms with Crippen molar-refractivity contribution < 1.29 is 9.53 Å². The average molecular weight is 312 g/mol. The molecular weight excluding hydrogens is 292 g/mol. The summed E-state index contributed by atoms with van der Waals surface area (Å²) in [5, 5.41) is 10.4. The van der Waals surface area contributed by atoms with Crippen molar-refractivity contribution in [2.45, 2.75) is 18.9 Å². The molecule has 1 saturated heterocycles. The SMILES string of the molecule is O=C(Nc1cccnn1)N1CCO[C@@H](CCc2ccccc2)C1. The van der Waals surface area contributed by atoms with E-state index in [4.69, 9.17) is 4.74 Å². The highest BCUT2D eigenvalue weighted by Gasteiger charge is 2.24. The van der Waals surface area contributed by atoms with Gasteiger partial charge in [-0.15, -0.1) is 5.10 Å². The Bertz CT molecular complexity index is 621. The average Bonchev–Trinajstić information content (AvgIpc) is 2.62. The fourth-order valence-electron chi connectivity index (χ4n) is 2.61. The zero-order valence-corrected chi connectivity index (χ0v) is 12.9. The normalized spacial score (nSPS) is 17.7. The molecule has 1 N–H and O–H groups in total. The number of hydrogen-bond donors (Lipinski definition) is 1. The van der Waals surface area contributed by atoms with Gasteiger partial charge in [0.25, 0.3) is 0 Å². The number of aromatic nitrogens is 2. The summed E-state index contributed by atoms with van der Waals surface area (Å²) in [5.74, 6) is 0.463. The Kier molecular flexibility index (Phi) is 5.16. The Morgan fingerprint density at radius 3 is 2.91 bits per heavy atom. The molecule has 2 amide bonds. The molecule has 6 heteroatoms.